The van der Waals surface area contributed by atoms with Gasteiger partial charge in [-0.3, -0.25) is 14.2 Å². The van der Waals surface area contributed by atoms with Crippen LogP contribution in [-0.4, -0.2) is 35.1 Å². The quantitative estimate of drug-likeness (QED) is 0.869. The normalized spacial score (nSPS) is 14.7. The largest absolute Gasteiger partial charge is 0.356 e. The van der Waals surface area contributed by atoms with Crippen LogP contribution in [0.3, 0.4) is 0 Å². The fourth-order valence-corrected chi connectivity index (χ4v) is 3.69. The maximum absolute atomic E-state index is 12.8. The molecule has 0 radical (unpaired) electrons. The molecular weight excluding hydrogens is 324 g/mol. The van der Waals surface area contributed by atoms with Crippen molar-refractivity contribution in [1.29, 1.82) is 0 Å². The number of nitrogens with zero attached hydrogens (tertiary/aromatic N) is 3. The number of aromatic nitrogens is 2. The van der Waals surface area contributed by atoms with Crippen LogP contribution in [-0.2, 0) is 11.3 Å². The van der Waals surface area contributed by atoms with Crippen LogP contribution in [0.1, 0.15) is 33.1 Å². The first-order valence-corrected chi connectivity index (χ1v) is 9.44. The molecule has 0 saturated carbocycles. The van der Waals surface area contributed by atoms with Crippen molar-refractivity contribution in [2.75, 3.05) is 24.5 Å². The molecule has 1 aliphatic heterocycles. The van der Waals surface area contributed by atoms with Crippen molar-refractivity contribution < 1.29 is 4.79 Å². The van der Waals surface area contributed by atoms with Gasteiger partial charge in [0.15, 0.2) is 0 Å². The van der Waals surface area contributed by atoms with Gasteiger partial charge in [-0.25, -0.2) is 4.98 Å². The lowest BCUT2D eigenvalue weighted by molar-refractivity contribution is -0.121. The molecule has 0 atom stereocenters. The molecule has 3 heterocycles. The van der Waals surface area contributed by atoms with Gasteiger partial charge in [0.25, 0.3) is 5.56 Å². The molecule has 3 rings (SSSR count). The first-order valence-electron chi connectivity index (χ1n) is 8.56. The summed E-state index contributed by atoms with van der Waals surface area (Å²) in [6.45, 7) is 6.99. The van der Waals surface area contributed by atoms with E-state index in [2.05, 4.69) is 24.1 Å². The van der Waals surface area contributed by atoms with Crippen molar-refractivity contribution in [1.82, 2.24) is 14.9 Å². The third kappa shape index (κ3) is 3.61. The van der Waals surface area contributed by atoms with Gasteiger partial charge in [-0.2, -0.15) is 0 Å². The van der Waals surface area contributed by atoms with Crippen LogP contribution in [0.25, 0.3) is 10.2 Å². The fourth-order valence-electron chi connectivity index (χ4n) is 2.91. The zero-order chi connectivity index (χ0) is 17.1. The number of hydrogen-bond acceptors (Lipinski definition) is 5. The highest BCUT2D eigenvalue weighted by Crippen LogP contribution is 2.22. The summed E-state index contributed by atoms with van der Waals surface area (Å²) in [6.07, 6.45) is 2.53. The first kappa shape index (κ1) is 17.0. The van der Waals surface area contributed by atoms with Gasteiger partial charge in [0.05, 0.1) is 5.52 Å². The van der Waals surface area contributed by atoms with Gasteiger partial charge in [-0.05, 0) is 30.2 Å². The van der Waals surface area contributed by atoms with E-state index in [-0.39, 0.29) is 11.5 Å². The van der Waals surface area contributed by atoms with E-state index in [9.17, 15) is 9.59 Å². The van der Waals surface area contributed by atoms with Gasteiger partial charge in [0.1, 0.15) is 4.70 Å². The van der Waals surface area contributed by atoms with Crippen LogP contribution < -0.4 is 15.8 Å². The molecule has 130 valence electrons. The summed E-state index contributed by atoms with van der Waals surface area (Å²) in [4.78, 5) is 31.7. The van der Waals surface area contributed by atoms with Crippen molar-refractivity contribution in [3.05, 3.63) is 21.8 Å². The van der Waals surface area contributed by atoms with Gasteiger partial charge in [-0.1, -0.05) is 13.8 Å². The van der Waals surface area contributed by atoms with E-state index < -0.39 is 0 Å². The Morgan fingerprint density at radius 3 is 2.83 bits per heavy atom. The van der Waals surface area contributed by atoms with E-state index in [0.717, 1.165) is 31.4 Å². The molecule has 1 fully saturated rings. The molecule has 1 amide bonds. The summed E-state index contributed by atoms with van der Waals surface area (Å²) >= 11 is 1.41. The van der Waals surface area contributed by atoms with E-state index in [1.54, 1.807) is 4.57 Å². The molecule has 7 heteroatoms. The summed E-state index contributed by atoms with van der Waals surface area (Å²) in [5.41, 5.74) is 0.723. The number of fused-ring (bicyclic) bond motifs is 1. The summed E-state index contributed by atoms with van der Waals surface area (Å²) in [5, 5.41) is 4.80. The Labute approximate surface area is 145 Å². The van der Waals surface area contributed by atoms with E-state index in [0.29, 0.717) is 36.1 Å². The maximum Gasteiger partial charge on any atom is 0.272 e. The lowest BCUT2D eigenvalue weighted by atomic mass is 10.2. The van der Waals surface area contributed by atoms with Crippen LogP contribution in [0.2, 0.25) is 0 Å². The zero-order valence-corrected chi connectivity index (χ0v) is 15.1. The van der Waals surface area contributed by atoms with E-state index >= 15 is 0 Å². The molecule has 24 heavy (non-hydrogen) atoms. The molecule has 0 aromatic carbocycles. The number of hydrogen-bond donors (Lipinski definition) is 1. The number of amides is 1. The second kappa shape index (κ2) is 7.34. The summed E-state index contributed by atoms with van der Waals surface area (Å²) in [6, 6.07) is 1.89. The minimum atomic E-state index is -0.0337. The Balaban J connectivity index is 1.84. The lowest BCUT2D eigenvalue weighted by Gasteiger charge is -2.21. The van der Waals surface area contributed by atoms with Crippen LogP contribution in [0.4, 0.5) is 5.95 Å². The van der Waals surface area contributed by atoms with Crippen molar-refractivity contribution >= 4 is 33.4 Å². The highest BCUT2D eigenvalue weighted by molar-refractivity contribution is 7.17. The van der Waals surface area contributed by atoms with Gasteiger partial charge < -0.3 is 10.2 Å². The molecule has 2 aromatic rings. The van der Waals surface area contributed by atoms with Gasteiger partial charge in [0.2, 0.25) is 11.9 Å². The molecule has 0 spiro atoms. The molecule has 0 unspecified atom stereocenters. The van der Waals surface area contributed by atoms with E-state index in [1.807, 2.05) is 11.4 Å². The van der Waals surface area contributed by atoms with Crippen molar-refractivity contribution in [2.24, 2.45) is 5.92 Å². The minimum absolute atomic E-state index is 0.0192. The molecule has 1 aliphatic rings. The number of nitrogens with one attached hydrogen (secondary N) is 1. The van der Waals surface area contributed by atoms with E-state index in [4.69, 9.17) is 4.98 Å². The lowest BCUT2D eigenvalue weighted by Crippen LogP contribution is -2.33. The van der Waals surface area contributed by atoms with Crippen LogP contribution in [0.5, 0.6) is 0 Å². The second-order valence-corrected chi connectivity index (χ2v) is 7.56. The smallest absolute Gasteiger partial charge is 0.272 e. The first-order chi connectivity index (χ1) is 11.6. The third-order valence-electron chi connectivity index (χ3n) is 4.20. The Morgan fingerprint density at radius 1 is 1.38 bits per heavy atom. The molecule has 2 aromatic heterocycles. The summed E-state index contributed by atoms with van der Waals surface area (Å²) < 4.78 is 2.35. The summed E-state index contributed by atoms with van der Waals surface area (Å²) in [5.74, 6) is 1.11. The van der Waals surface area contributed by atoms with Gasteiger partial charge >= 0.3 is 0 Å². The molecule has 1 saturated heterocycles. The van der Waals surface area contributed by atoms with Gasteiger partial charge in [0, 0.05) is 32.6 Å². The molecule has 0 aliphatic carbocycles. The summed E-state index contributed by atoms with van der Waals surface area (Å²) in [7, 11) is 0. The molecule has 0 bridgehead atoms. The highest BCUT2D eigenvalue weighted by Gasteiger charge is 2.21. The maximum atomic E-state index is 12.8. The number of thiophene rings is 1. The number of carbonyl (C=O) groups excluding carboxylic acids is 1. The van der Waals surface area contributed by atoms with E-state index in [1.165, 1.54) is 11.3 Å². The number of anilines is 1. The predicted molar refractivity (Wildman–Crippen MR) is 97.8 cm³/mol. The molecule has 1 N–H and O–H groups in total. The average Bonchev–Trinajstić information content (AvgIpc) is 3.22. The predicted octanol–water partition coefficient (Wildman–Crippen LogP) is 2.22. The second-order valence-electron chi connectivity index (χ2n) is 6.65. The SMILES string of the molecule is CC(C)CNC(=O)CCn1c(N2CCCC2)nc2ccsc2c1=O. The van der Waals surface area contributed by atoms with Crippen LogP contribution in [0.15, 0.2) is 16.2 Å². The molecular formula is C17H24N4O2S. The Hall–Kier alpha value is -1.89. The monoisotopic (exact) mass is 348 g/mol. The van der Waals surface area contributed by atoms with Crippen molar-refractivity contribution in [3.8, 4) is 0 Å². The average molecular weight is 348 g/mol. The van der Waals surface area contributed by atoms with Crippen LogP contribution >= 0.6 is 11.3 Å². The standard InChI is InChI=1S/C17H24N4O2S/c1-12(2)11-18-14(22)5-9-21-16(23)15-13(6-10-24-15)19-17(21)20-7-3-4-8-20/h6,10,12H,3-5,7-9,11H2,1-2H3,(H,18,22). The highest BCUT2D eigenvalue weighted by atomic mass is 32.1. The van der Waals surface area contributed by atoms with Gasteiger partial charge in [-0.15, -0.1) is 11.3 Å². The van der Waals surface area contributed by atoms with Crippen molar-refractivity contribution in [3.63, 3.8) is 0 Å². The Kier molecular flexibility index (Phi) is 5.18. The topological polar surface area (TPSA) is 67.2 Å². The Bertz CT molecular complexity index is 774. The number of carbonyl (C=O) groups is 1. The zero-order valence-electron chi connectivity index (χ0n) is 14.2. The Morgan fingerprint density at radius 2 is 2.12 bits per heavy atom. The molecule has 6 nitrogen and oxygen atoms in total. The fraction of sp³-hybridized carbons (Fsp3) is 0.588. The van der Waals surface area contributed by atoms with Crippen LogP contribution in [0, 0.1) is 5.92 Å². The number of rotatable bonds is 6. The third-order valence-corrected chi connectivity index (χ3v) is 5.10. The minimum Gasteiger partial charge on any atom is -0.356 e. The van der Waals surface area contributed by atoms with Crippen molar-refractivity contribution in [2.45, 2.75) is 39.7 Å².